The first-order valence-corrected chi connectivity index (χ1v) is 10.3. The van der Waals surface area contributed by atoms with Crippen LogP contribution in [0.3, 0.4) is 0 Å². The van der Waals surface area contributed by atoms with Crippen molar-refractivity contribution in [2.24, 2.45) is 0 Å². The van der Waals surface area contributed by atoms with Gasteiger partial charge >= 0.3 is 0 Å². The molecule has 0 atom stereocenters. The summed E-state index contributed by atoms with van der Waals surface area (Å²) in [5.74, 6) is 1.37. The lowest BCUT2D eigenvalue weighted by molar-refractivity contribution is 0.0980. The van der Waals surface area contributed by atoms with Crippen molar-refractivity contribution in [1.29, 1.82) is 0 Å². The van der Waals surface area contributed by atoms with Crippen molar-refractivity contribution in [2.45, 2.75) is 13.5 Å². The van der Waals surface area contributed by atoms with Crippen molar-refractivity contribution in [3.8, 4) is 11.5 Å². The topological polar surface area (TPSA) is 64.8 Å². The summed E-state index contributed by atoms with van der Waals surface area (Å²) in [6.45, 7) is 2.14. The van der Waals surface area contributed by atoms with Gasteiger partial charge in [0.1, 0.15) is 17.3 Å². The normalized spacial score (nSPS) is 10.9. The number of thiazole rings is 1. The highest BCUT2D eigenvalue weighted by molar-refractivity contribution is 7.22. The molecule has 2 aromatic carbocycles. The number of aryl methyl sites for hydroxylation is 1. The van der Waals surface area contributed by atoms with E-state index in [0.29, 0.717) is 33.0 Å². The zero-order valence-corrected chi connectivity index (χ0v) is 18.2. The monoisotopic (exact) mass is 442 g/mol. The number of nitrogens with zero attached hydrogens (tertiary/aromatic N) is 2. The Balaban J connectivity index is 1.83. The van der Waals surface area contributed by atoms with E-state index in [1.165, 1.54) is 18.4 Å². The third-order valence-corrected chi connectivity index (χ3v) is 6.20. The van der Waals surface area contributed by atoms with Crippen LogP contribution in [0, 0.1) is 6.92 Å². The number of benzene rings is 2. The fraction of sp³-hybridized carbons (Fsp3) is 0.182. The number of carbonyl (C=O) groups is 1. The number of furan rings is 1. The molecule has 0 unspecified atom stereocenters. The molecule has 1 amide bonds. The summed E-state index contributed by atoms with van der Waals surface area (Å²) in [7, 11) is 3.08. The molecule has 2 heterocycles. The summed E-state index contributed by atoms with van der Waals surface area (Å²) < 4.78 is 17.2. The van der Waals surface area contributed by atoms with Crippen LogP contribution in [0.2, 0.25) is 5.02 Å². The molecule has 6 nitrogen and oxygen atoms in total. The molecule has 0 bridgehead atoms. The van der Waals surface area contributed by atoms with Gasteiger partial charge in [-0.3, -0.25) is 9.69 Å². The number of rotatable bonds is 6. The maximum Gasteiger partial charge on any atom is 0.264 e. The number of amides is 1. The second-order valence-corrected chi connectivity index (χ2v) is 7.97. The molecular weight excluding hydrogens is 424 g/mol. The fourth-order valence-corrected chi connectivity index (χ4v) is 4.29. The Labute approximate surface area is 182 Å². The molecule has 2 aromatic heterocycles. The lowest BCUT2D eigenvalue weighted by atomic mass is 10.1. The highest BCUT2D eigenvalue weighted by atomic mass is 35.5. The number of fused-ring (bicyclic) bond motifs is 1. The average Bonchev–Trinajstić information content (AvgIpc) is 3.43. The van der Waals surface area contributed by atoms with Crippen molar-refractivity contribution < 1.29 is 18.7 Å². The predicted molar refractivity (Wildman–Crippen MR) is 118 cm³/mol. The quantitative estimate of drug-likeness (QED) is 0.382. The van der Waals surface area contributed by atoms with Crippen LogP contribution >= 0.6 is 22.9 Å². The van der Waals surface area contributed by atoms with Crippen LogP contribution in [0.25, 0.3) is 10.2 Å². The fourth-order valence-electron chi connectivity index (χ4n) is 3.12. The summed E-state index contributed by atoms with van der Waals surface area (Å²) in [6, 6.07) is 12.5. The maximum absolute atomic E-state index is 13.6. The van der Waals surface area contributed by atoms with E-state index in [2.05, 4.69) is 0 Å². The van der Waals surface area contributed by atoms with E-state index in [1.54, 1.807) is 42.5 Å². The van der Waals surface area contributed by atoms with Crippen LogP contribution in [0.5, 0.6) is 11.5 Å². The highest BCUT2D eigenvalue weighted by Crippen LogP contribution is 2.36. The van der Waals surface area contributed by atoms with E-state index in [4.69, 9.17) is 30.5 Å². The molecule has 0 saturated heterocycles. The van der Waals surface area contributed by atoms with E-state index in [1.807, 2.05) is 25.1 Å². The standard InChI is InChI=1S/C22H19ClN2O4S/c1-13-17(23)7-9-19-20(13)24-22(30-19)25(12-15-5-4-10-29-15)21(26)16-11-14(27-2)6-8-18(16)28-3/h4-11H,12H2,1-3H3. The second-order valence-electron chi connectivity index (χ2n) is 6.55. The van der Waals surface area contributed by atoms with E-state index in [-0.39, 0.29) is 12.5 Å². The SMILES string of the molecule is COc1ccc(OC)c(C(=O)N(Cc2ccco2)c2nc3c(C)c(Cl)ccc3s2)c1. The first-order valence-electron chi connectivity index (χ1n) is 9.13. The first kappa shape index (κ1) is 20.3. The Morgan fingerprint density at radius 2 is 2.03 bits per heavy atom. The molecule has 0 N–H and O–H groups in total. The van der Waals surface area contributed by atoms with Gasteiger partial charge in [0.25, 0.3) is 5.91 Å². The molecule has 8 heteroatoms. The van der Waals surface area contributed by atoms with Gasteiger partial charge in [0, 0.05) is 5.02 Å². The summed E-state index contributed by atoms with van der Waals surface area (Å²) in [4.78, 5) is 19.9. The summed E-state index contributed by atoms with van der Waals surface area (Å²) in [6.07, 6.45) is 1.58. The Hall–Kier alpha value is -3.03. The molecule has 0 radical (unpaired) electrons. The molecule has 0 fully saturated rings. The highest BCUT2D eigenvalue weighted by Gasteiger charge is 2.26. The summed E-state index contributed by atoms with van der Waals surface area (Å²) in [5.41, 5.74) is 2.02. The third-order valence-electron chi connectivity index (χ3n) is 4.74. The zero-order valence-electron chi connectivity index (χ0n) is 16.6. The number of carbonyl (C=O) groups excluding carboxylic acids is 1. The second kappa shape index (κ2) is 8.38. The van der Waals surface area contributed by atoms with Gasteiger partial charge in [0.05, 0.1) is 42.8 Å². The largest absolute Gasteiger partial charge is 0.497 e. The van der Waals surface area contributed by atoms with Crippen LogP contribution in [-0.2, 0) is 6.54 Å². The molecule has 4 rings (SSSR count). The summed E-state index contributed by atoms with van der Waals surface area (Å²) >= 11 is 7.68. The third kappa shape index (κ3) is 3.74. The van der Waals surface area contributed by atoms with E-state index in [9.17, 15) is 4.79 Å². The van der Waals surface area contributed by atoms with Crippen LogP contribution in [0.4, 0.5) is 5.13 Å². The average molecular weight is 443 g/mol. The maximum atomic E-state index is 13.6. The number of ether oxygens (including phenoxy) is 2. The van der Waals surface area contributed by atoms with E-state index >= 15 is 0 Å². The van der Waals surface area contributed by atoms with E-state index < -0.39 is 0 Å². The van der Waals surface area contributed by atoms with Gasteiger partial charge in [-0.1, -0.05) is 22.9 Å². The molecule has 4 aromatic rings. The number of halogens is 1. The van der Waals surface area contributed by atoms with Gasteiger partial charge in [-0.05, 0) is 55.0 Å². The predicted octanol–water partition coefficient (Wildman–Crippen LogP) is 5.72. The van der Waals surface area contributed by atoms with Crippen LogP contribution in [-0.4, -0.2) is 25.1 Å². The number of anilines is 1. The van der Waals surface area contributed by atoms with Crippen molar-refractivity contribution in [2.75, 3.05) is 19.1 Å². The molecule has 0 aliphatic heterocycles. The lowest BCUT2D eigenvalue weighted by Crippen LogP contribution is -2.30. The summed E-state index contributed by atoms with van der Waals surface area (Å²) in [5, 5.41) is 1.18. The van der Waals surface area contributed by atoms with Crippen molar-refractivity contribution >= 4 is 44.2 Å². The lowest BCUT2D eigenvalue weighted by Gasteiger charge is -2.20. The Bertz CT molecular complexity index is 1200. The molecule has 30 heavy (non-hydrogen) atoms. The molecule has 154 valence electrons. The number of methoxy groups -OCH3 is 2. The Kier molecular flexibility index (Phi) is 5.65. The first-order chi connectivity index (χ1) is 14.5. The minimum absolute atomic E-state index is 0.221. The van der Waals surface area contributed by atoms with Gasteiger partial charge in [-0.2, -0.15) is 0 Å². The minimum Gasteiger partial charge on any atom is -0.497 e. The van der Waals surface area contributed by atoms with Crippen molar-refractivity contribution in [1.82, 2.24) is 4.98 Å². The van der Waals surface area contributed by atoms with Crippen LogP contribution in [0.1, 0.15) is 21.7 Å². The minimum atomic E-state index is -0.273. The molecule has 0 saturated carbocycles. The molecule has 0 aliphatic carbocycles. The molecule has 0 aliphatic rings. The van der Waals surface area contributed by atoms with Crippen LogP contribution in [0.15, 0.2) is 53.1 Å². The van der Waals surface area contributed by atoms with Crippen molar-refractivity contribution in [3.63, 3.8) is 0 Å². The molecule has 0 spiro atoms. The molecular formula is C22H19ClN2O4S. The number of hydrogen-bond acceptors (Lipinski definition) is 6. The van der Waals surface area contributed by atoms with Gasteiger partial charge in [-0.25, -0.2) is 4.98 Å². The number of hydrogen-bond donors (Lipinski definition) is 0. The number of aromatic nitrogens is 1. The van der Waals surface area contributed by atoms with Gasteiger partial charge in [0.2, 0.25) is 0 Å². The van der Waals surface area contributed by atoms with E-state index in [0.717, 1.165) is 15.8 Å². The van der Waals surface area contributed by atoms with Gasteiger partial charge < -0.3 is 13.9 Å². The zero-order chi connectivity index (χ0) is 21.3. The Morgan fingerprint density at radius 3 is 2.73 bits per heavy atom. The van der Waals surface area contributed by atoms with Crippen molar-refractivity contribution in [3.05, 3.63) is 70.6 Å². The van der Waals surface area contributed by atoms with Crippen LogP contribution < -0.4 is 14.4 Å². The van der Waals surface area contributed by atoms with Gasteiger partial charge in [0.15, 0.2) is 5.13 Å². The van der Waals surface area contributed by atoms with Gasteiger partial charge in [-0.15, -0.1) is 0 Å². The Morgan fingerprint density at radius 1 is 1.20 bits per heavy atom. The smallest absolute Gasteiger partial charge is 0.264 e.